The van der Waals surface area contributed by atoms with E-state index in [4.69, 9.17) is 11.6 Å². The molecule has 0 spiro atoms. The summed E-state index contributed by atoms with van der Waals surface area (Å²) in [7, 11) is 0. The van der Waals surface area contributed by atoms with Gasteiger partial charge in [0.2, 0.25) is 5.91 Å². The average Bonchev–Trinajstić information content (AvgIpc) is 2.58. The summed E-state index contributed by atoms with van der Waals surface area (Å²) in [5.74, 6) is -0.293. The number of hydrogen-bond acceptors (Lipinski definition) is 4. The molecule has 3 aromatic rings. The Labute approximate surface area is 147 Å². The summed E-state index contributed by atoms with van der Waals surface area (Å²) in [5.41, 5.74) is 0.945. The Kier molecular flexibility index (Phi) is 4.87. The van der Waals surface area contributed by atoms with Gasteiger partial charge in [0, 0.05) is 15.6 Å². The normalized spacial score (nSPS) is 10.8. The van der Waals surface area contributed by atoms with E-state index in [1.165, 1.54) is 10.9 Å². The number of fused-ring (bicyclic) bond motifs is 1. The molecule has 0 aliphatic heterocycles. The molecule has 0 atom stereocenters. The van der Waals surface area contributed by atoms with E-state index >= 15 is 0 Å². The van der Waals surface area contributed by atoms with Gasteiger partial charge in [-0.05, 0) is 42.7 Å². The molecule has 0 saturated heterocycles. The van der Waals surface area contributed by atoms with Gasteiger partial charge in [-0.2, -0.15) is 0 Å². The number of thioether (sulfide) groups is 1. The quantitative estimate of drug-likeness (QED) is 0.725. The highest BCUT2D eigenvalue weighted by molar-refractivity contribution is 7.98. The van der Waals surface area contributed by atoms with Crippen LogP contribution in [0.15, 0.2) is 58.5 Å². The van der Waals surface area contributed by atoms with Crippen molar-refractivity contribution < 1.29 is 4.79 Å². The van der Waals surface area contributed by atoms with E-state index in [9.17, 15) is 9.59 Å². The molecule has 1 heterocycles. The van der Waals surface area contributed by atoms with E-state index in [1.54, 1.807) is 36.0 Å². The summed E-state index contributed by atoms with van der Waals surface area (Å²) in [6.07, 6.45) is 3.34. The van der Waals surface area contributed by atoms with Gasteiger partial charge in [-0.1, -0.05) is 17.7 Å². The standard InChI is InChI=1S/C17H14ClN3O2S/c1-24-13-4-2-3-12(8-13)20-16(22)9-21-10-19-15-6-5-11(18)7-14(15)17(21)23/h2-8,10H,9H2,1H3,(H,20,22). The van der Waals surface area contributed by atoms with Crippen LogP contribution in [-0.2, 0) is 11.3 Å². The van der Waals surface area contributed by atoms with Crippen LogP contribution in [0.4, 0.5) is 5.69 Å². The average molecular weight is 360 g/mol. The van der Waals surface area contributed by atoms with Crippen LogP contribution in [0, 0.1) is 0 Å². The molecule has 5 nitrogen and oxygen atoms in total. The van der Waals surface area contributed by atoms with Crippen molar-refractivity contribution in [2.45, 2.75) is 11.4 Å². The molecule has 0 bridgehead atoms. The zero-order chi connectivity index (χ0) is 17.1. The van der Waals surface area contributed by atoms with Crippen LogP contribution in [0.3, 0.4) is 0 Å². The Morgan fingerprint density at radius 1 is 1.29 bits per heavy atom. The summed E-state index contributed by atoms with van der Waals surface area (Å²) in [6, 6.07) is 12.4. The third-order valence-corrected chi connectivity index (χ3v) is 4.41. The van der Waals surface area contributed by atoms with Gasteiger partial charge in [0.1, 0.15) is 6.54 Å². The Bertz CT molecular complexity index is 971. The molecule has 0 aliphatic carbocycles. The maximum Gasteiger partial charge on any atom is 0.261 e. The van der Waals surface area contributed by atoms with Crippen LogP contribution in [0.25, 0.3) is 10.9 Å². The van der Waals surface area contributed by atoms with Crippen LogP contribution in [0.5, 0.6) is 0 Å². The van der Waals surface area contributed by atoms with Crippen molar-refractivity contribution in [2.24, 2.45) is 0 Å². The molecule has 2 aromatic carbocycles. The largest absolute Gasteiger partial charge is 0.324 e. The van der Waals surface area contributed by atoms with E-state index in [0.717, 1.165) is 4.90 Å². The zero-order valence-electron chi connectivity index (χ0n) is 12.8. The summed E-state index contributed by atoms with van der Waals surface area (Å²) in [4.78, 5) is 29.9. The van der Waals surface area contributed by atoms with Crippen LogP contribution in [0.2, 0.25) is 5.02 Å². The minimum absolute atomic E-state index is 0.113. The van der Waals surface area contributed by atoms with Gasteiger partial charge >= 0.3 is 0 Å². The van der Waals surface area contributed by atoms with Crippen LogP contribution in [-0.4, -0.2) is 21.7 Å². The van der Waals surface area contributed by atoms with Gasteiger partial charge in [0.05, 0.1) is 17.2 Å². The Morgan fingerprint density at radius 3 is 2.92 bits per heavy atom. The molecule has 0 radical (unpaired) electrons. The molecule has 0 fully saturated rings. The van der Waals surface area contributed by atoms with Crippen molar-refractivity contribution in [3.63, 3.8) is 0 Å². The Balaban J connectivity index is 1.82. The number of anilines is 1. The monoisotopic (exact) mass is 359 g/mol. The minimum Gasteiger partial charge on any atom is -0.324 e. The van der Waals surface area contributed by atoms with Crippen molar-refractivity contribution in [3.8, 4) is 0 Å². The summed E-state index contributed by atoms with van der Waals surface area (Å²) in [6.45, 7) is -0.113. The lowest BCUT2D eigenvalue weighted by Gasteiger charge is -2.09. The number of nitrogens with one attached hydrogen (secondary N) is 1. The van der Waals surface area contributed by atoms with Gasteiger partial charge in [-0.3, -0.25) is 14.2 Å². The van der Waals surface area contributed by atoms with Crippen molar-refractivity contribution in [3.05, 3.63) is 64.2 Å². The van der Waals surface area contributed by atoms with Gasteiger partial charge < -0.3 is 5.32 Å². The van der Waals surface area contributed by atoms with E-state index < -0.39 is 0 Å². The summed E-state index contributed by atoms with van der Waals surface area (Å²) >= 11 is 7.52. The molecule has 0 unspecified atom stereocenters. The lowest BCUT2D eigenvalue weighted by atomic mass is 10.2. The van der Waals surface area contributed by atoms with E-state index in [2.05, 4.69) is 10.3 Å². The Hall–Kier alpha value is -2.31. The molecule has 24 heavy (non-hydrogen) atoms. The SMILES string of the molecule is CSc1cccc(NC(=O)Cn2cnc3ccc(Cl)cc3c2=O)c1. The molecule has 1 amide bonds. The second kappa shape index (κ2) is 7.07. The maximum atomic E-state index is 12.5. The molecular weight excluding hydrogens is 346 g/mol. The van der Waals surface area contributed by atoms with Gasteiger partial charge in [0.25, 0.3) is 5.56 Å². The first-order valence-electron chi connectivity index (χ1n) is 7.15. The fourth-order valence-electron chi connectivity index (χ4n) is 2.30. The number of amides is 1. The molecule has 0 saturated carbocycles. The lowest BCUT2D eigenvalue weighted by Crippen LogP contribution is -2.27. The summed E-state index contributed by atoms with van der Waals surface area (Å²) < 4.78 is 1.27. The number of carbonyl (C=O) groups excluding carboxylic acids is 1. The number of nitrogens with zero attached hydrogens (tertiary/aromatic N) is 2. The first-order valence-corrected chi connectivity index (χ1v) is 8.76. The highest BCUT2D eigenvalue weighted by atomic mass is 35.5. The van der Waals surface area contributed by atoms with E-state index in [-0.39, 0.29) is 18.0 Å². The second-order valence-corrected chi connectivity index (χ2v) is 6.44. The molecular formula is C17H14ClN3O2S. The van der Waals surface area contributed by atoms with E-state index in [0.29, 0.717) is 21.6 Å². The third kappa shape index (κ3) is 3.60. The topological polar surface area (TPSA) is 64.0 Å². The van der Waals surface area contributed by atoms with Crippen molar-refractivity contribution in [2.75, 3.05) is 11.6 Å². The minimum atomic E-state index is -0.296. The van der Waals surface area contributed by atoms with Crippen LogP contribution >= 0.6 is 23.4 Å². The summed E-state index contributed by atoms with van der Waals surface area (Å²) in [5, 5.41) is 3.63. The highest BCUT2D eigenvalue weighted by Crippen LogP contribution is 2.19. The number of benzene rings is 2. The van der Waals surface area contributed by atoms with Gasteiger partial charge in [0.15, 0.2) is 0 Å². The number of carbonyl (C=O) groups is 1. The predicted molar refractivity (Wildman–Crippen MR) is 97.9 cm³/mol. The molecule has 0 aliphatic rings. The molecule has 1 aromatic heterocycles. The fourth-order valence-corrected chi connectivity index (χ4v) is 2.93. The first-order chi connectivity index (χ1) is 11.6. The predicted octanol–water partition coefficient (Wildman–Crippen LogP) is 3.41. The third-order valence-electron chi connectivity index (χ3n) is 3.45. The van der Waals surface area contributed by atoms with Gasteiger partial charge in [-0.25, -0.2) is 4.98 Å². The van der Waals surface area contributed by atoms with Crippen molar-refractivity contribution in [1.82, 2.24) is 9.55 Å². The first kappa shape index (κ1) is 16.5. The van der Waals surface area contributed by atoms with Crippen LogP contribution < -0.4 is 10.9 Å². The van der Waals surface area contributed by atoms with E-state index in [1.807, 2.05) is 24.5 Å². The lowest BCUT2D eigenvalue weighted by molar-refractivity contribution is -0.116. The number of halogens is 1. The zero-order valence-corrected chi connectivity index (χ0v) is 14.4. The Morgan fingerprint density at radius 2 is 2.12 bits per heavy atom. The molecule has 122 valence electrons. The molecule has 7 heteroatoms. The smallest absolute Gasteiger partial charge is 0.261 e. The number of rotatable bonds is 4. The maximum absolute atomic E-state index is 12.5. The fraction of sp³-hybridized carbons (Fsp3) is 0.118. The second-order valence-electron chi connectivity index (χ2n) is 5.12. The van der Waals surface area contributed by atoms with Gasteiger partial charge in [-0.15, -0.1) is 11.8 Å². The number of aromatic nitrogens is 2. The van der Waals surface area contributed by atoms with Crippen molar-refractivity contribution >= 4 is 45.9 Å². The van der Waals surface area contributed by atoms with Crippen molar-refractivity contribution in [1.29, 1.82) is 0 Å². The molecule has 1 N–H and O–H groups in total. The molecule has 3 rings (SSSR count). The highest BCUT2D eigenvalue weighted by Gasteiger charge is 2.09. The van der Waals surface area contributed by atoms with Crippen LogP contribution in [0.1, 0.15) is 0 Å². The number of hydrogen-bond donors (Lipinski definition) is 1.